The molecule has 0 aliphatic carbocycles. The molecule has 0 bridgehead atoms. The van der Waals surface area contributed by atoms with Crippen molar-refractivity contribution in [2.45, 2.75) is 24.3 Å². The van der Waals surface area contributed by atoms with Gasteiger partial charge in [-0.3, -0.25) is 0 Å². The number of sulfonamides is 1. The molecule has 1 heterocycles. The van der Waals surface area contributed by atoms with Crippen LogP contribution in [-0.2, 0) is 16.4 Å². The van der Waals surface area contributed by atoms with Crippen LogP contribution in [-0.4, -0.2) is 41.9 Å². The summed E-state index contributed by atoms with van der Waals surface area (Å²) in [5.41, 5.74) is 0.900. The molecule has 0 saturated carbocycles. The lowest BCUT2D eigenvalue weighted by atomic mass is 10.0. The van der Waals surface area contributed by atoms with Gasteiger partial charge in [-0.15, -0.1) is 0 Å². The van der Waals surface area contributed by atoms with Gasteiger partial charge in [-0.05, 0) is 37.1 Å². The van der Waals surface area contributed by atoms with Crippen molar-refractivity contribution < 1.29 is 27.4 Å². The predicted molar refractivity (Wildman–Crippen MR) is 100 cm³/mol. The molecule has 0 saturated heterocycles. The maximum atomic E-state index is 12.9. The fourth-order valence-corrected chi connectivity index (χ4v) is 4.42. The van der Waals surface area contributed by atoms with E-state index in [1.54, 1.807) is 12.1 Å². The van der Waals surface area contributed by atoms with Crippen LogP contribution in [0, 0.1) is 0 Å². The van der Waals surface area contributed by atoms with Crippen molar-refractivity contribution in [2.75, 3.05) is 27.4 Å². The molecule has 2 aromatic rings. The summed E-state index contributed by atoms with van der Waals surface area (Å²) in [6.07, 6.45) is 0.502. The van der Waals surface area contributed by atoms with Crippen molar-refractivity contribution in [1.29, 1.82) is 0 Å². The van der Waals surface area contributed by atoms with E-state index >= 15 is 0 Å². The van der Waals surface area contributed by atoms with E-state index in [1.807, 2.05) is 25.1 Å². The highest BCUT2D eigenvalue weighted by Gasteiger charge is 2.29. The summed E-state index contributed by atoms with van der Waals surface area (Å²) in [7, 11) is -0.918. The van der Waals surface area contributed by atoms with Gasteiger partial charge in [-0.1, -0.05) is 12.1 Å². The lowest BCUT2D eigenvalue weighted by Gasteiger charge is -2.27. The molecule has 27 heavy (non-hydrogen) atoms. The number of nitrogens with one attached hydrogen (secondary N) is 1. The Morgan fingerprint density at radius 1 is 1.15 bits per heavy atom. The third kappa shape index (κ3) is 4.12. The summed E-state index contributed by atoms with van der Waals surface area (Å²) in [5.74, 6) is 2.03. The Bertz CT molecular complexity index is 912. The van der Waals surface area contributed by atoms with Gasteiger partial charge in [-0.25, -0.2) is 13.1 Å². The highest BCUT2D eigenvalue weighted by atomic mass is 32.2. The zero-order valence-electron chi connectivity index (χ0n) is 15.5. The zero-order valence-corrected chi connectivity index (χ0v) is 16.3. The van der Waals surface area contributed by atoms with Crippen LogP contribution in [0.4, 0.5) is 0 Å². The number of rotatable bonds is 7. The molecule has 1 unspecified atom stereocenters. The van der Waals surface area contributed by atoms with Crippen molar-refractivity contribution in [3.63, 3.8) is 0 Å². The molecule has 1 aliphatic heterocycles. The van der Waals surface area contributed by atoms with Crippen LogP contribution < -0.4 is 23.7 Å². The number of hydrogen-bond acceptors (Lipinski definition) is 6. The van der Waals surface area contributed by atoms with Crippen LogP contribution >= 0.6 is 0 Å². The number of hydrogen-bond donors (Lipinski definition) is 1. The maximum absolute atomic E-state index is 12.9. The number of fused-ring (bicyclic) bond motifs is 1. The number of para-hydroxylation sites is 1. The van der Waals surface area contributed by atoms with Crippen LogP contribution in [0.25, 0.3) is 0 Å². The van der Waals surface area contributed by atoms with Crippen molar-refractivity contribution in [3.05, 3.63) is 42.0 Å². The number of methoxy groups -OCH3 is 2. The van der Waals surface area contributed by atoms with Gasteiger partial charge < -0.3 is 18.9 Å². The van der Waals surface area contributed by atoms with Crippen LogP contribution in [0.5, 0.6) is 23.0 Å². The van der Waals surface area contributed by atoms with Crippen LogP contribution in [0.3, 0.4) is 0 Å². The second-order valence-electron chi connectivity index (χ2n) is 6.03. The Morgan fingerprint density at radius 3 is 2.67 bits per heavy atom. The van der Waals surface area contributed by atoms with Gasteiger partial charge in [0.15, 0.2) is 11.5 Å². The Morgan fingerprint density at radius 2 is 1.96 bits per heavy atom. The van der Waals surface area contributed by atoms with Crippen molar-refractivity contribution in [2.24, 2.45) is 0 Å². The lowest BCUT2D eigenvalue weighted by Crippen LogP contribution is -2.42. The lowest BCUT2D eigenvalue weighted by molar-refractivity contribution is 0.233. The van der Waals surface area contributed by atoms with E-state index in [0.717, 1.165) is 5.56 Å². The topological polar surface area (TPSA) is 83.1 Å². The summed E-state index contributed by atoms with van der Waals surface area (Å²) in [6, 6.07) is 9.86. The number of ether oxygens (including phenoxy) is 4. The molecule has 0 aromatic heterocycles. The summed E-state index contributed by atoms with van der Waals surface area (Å²) in [4.78, 5) is 0.0261. The molecule has 1 aliphatic rings. The minimum atomic E-state index is -3.82. The van der Waals surface area contributed by atoms with Gasteiger partial charge in [-0.2, -0.15) is 0 Å². The smallest absolute Gasteiger partial charge is 0.244 e. The first-order valence-electron chi connectivity index (χ1n) is 8.60. The monoisotopic (exact) mass is 393 g/mol. The van der Waals surface area contributed by atoms with E-state index in [4.69, 9.17) is 18.9 Å². The summed E-state index contributed by atoms with van der Waals surface area (Å²) >= 11 is 0. The first-order valence-corrected chi connectivity index (χ1v) is 10.1. The normalized spacial score (nSPS) is 16.2. The van der Waals surface area contributed by atoms with Crippen LogP contribution in [0.2, 0.25) is 0 Å². The molecule has 0 amide bonds. The Labute approximate surface area is 159 Å². The van der Waals surface area contributed by atoms with E-state index in [0.29, 0.717) is 30.3 Å². The Balaban J connectivity index is 1.83. The second kappa shape index (κ2) is 8.06. The van der Waals surface area contributed by atoms with E-state index < -0.39 is 16.1 Å². The molecule has 0 fully saturated rings. The average molecular weight is 393 g/mol. The molecule has 0 spiro atoms. The first kappa shape index (κ1) is 19.3. The third-order valence-corrected chi connectivity index (χ3v) is 5.78. The maximum Gasteiger partial charge on any atom is 0.244 e. The first-order chi connectivity index (χ1) is 13.0. The number of benzene rings is 2. The van der Waals surface area contributed by atoms with Gasteiger partial charge >= 0.3 is 0 Å². The molecule has 3 rings (SSSR count). The van der Waals surface area contributed by atoms with Crippen LogP contribution in [0.1, 0.15) is 12.5 Å². The van der Waals surface area contributed by atoms with Gasteiger partial charge in [0.1, 0.15) is 23.0 Å². The van der Waals surface area contributed by atoms with Gasteiger partial charge in [0.05, 0.1) is 26.9 Å². The molecule has 1 atom stereocenters. The highest BCUT2D eigenvalue weighted by Crippen LogP contribution is 2.35. The summed E-state index contributed by atoms with van der Waals surface area (Å²) in [6.45, 7) is 2.65. The molecule has 2 aromatic carbocycles. The van der Waals surface area contributed by atoms with E-state index in [2.05, 4.69) is 4.72 Å². The average Bonchev–Trinajstić information content (AvgIpc) is 2.67. The largest absolute Gasteiger partial charge is 0.497 e. The van der Waals surface area contributed by atoms with Crippen molar-refractivity contribution >= 4 is 10.0 Å². The second-order valence-corrected chi connectivity index (χ2v) is 7.71. The predicted octanol–water partition coefficient (Wildman–Crippen LogP) is 2.38. The molecule has 8 heteroatoms. The van der Waals surface area contributed by atoms with Gasteiger partial charge in [0.2, 0.25) is 10.0 Å². The van der Waals surface area contributed by atoms with Crippen molar-refractivity contribution in [3.8, 4) is 23.0 Å². The SMILES string of the molecule is CCOc1cccc2c1OCC(NS(=O)(=O)c1cc(OC)ccc1OC)C2. The zero-order chi connectivity index (χ0) is 19.4. The quantitative estimate of drug-likeness (QED) is 0.778. The summed E-state index contributed by atoms with van der Waals surface area (Å²) in [5, 5.41) is 0. The van der Waals surface area contributed by atoms with Crippen LogP contribution in [0.15, 0.2) is 41.3 Å². The standard InChI is InChI=1S/C19H23NO6S/c1-4-25-17-7-5-6-13-10-14(12-26-19(13)17)20-27(21,22)18-11-15(23-2)8-9-16(18)24-3/h5-9,11,14,20H,4,10,12H2,1-3H3. The molecule has 7 nitrogen and oxygen atoms in total. The van der Waals surface area contributed by atoms with Gasteiger partial charge in [0, 0.05) is 6.07 Å². The minimum absolute atomic E-state index is 0.0261. The van der Waals surface area contributed by atoms with E-state index in [9.17, 15) is 8.42 Å². The third-order valence-electron chi connectivity index (χ3n) is 4.24. The van der Waals surface area contributed by atoms with E-state index in [1.165, 1.54) is 20.3 Å². The molecule has 146 valence electrons. The van der Waals surface area contributed by atoms with Crippen molar-refractivity contribution in [1.82, 2.24) is 4.72 Å². The fraction of sp³-hybridized carbons (Fsp3) is 0.368. The summed E-state index contributed by atoms with van der Waals surface area (Å²) < 4.78 is 50.2. The molecular weight excluding hydrogens is 370 g/mol. The van der Waals surface area contributed by atoms with E-state index in [-0.39, 0.29) is 17.3 Å². The minimum Gasteiger partial charge on any atom is -0.497 e. The molecule has 0 radical (unpaired) electrons. The Hall–Kier alpha value is -2.45. The highest BCUT2D eigenvalue weighted by molar-refractivity contribution is 7.89. The molecular formula is C19H23NO6S. The Kier molecular flexibility index (Phi) is 5.76. The fourth-order valence-electron chi connectivity index (χ4n) is 3.02. The van der Waals surface area contributed by atoms with Gasteiger partial charge in [0.25, 0.3) is 0 Å². The molecule has 1 N–H and O–H groups in total.